The van der Waals surface area contributed by atoms with Gasteiger partial charge in [0.05, 0.1) is 6.10 Å². The fourth-order valence-corrected chi connectivity index (χ4v) is 3.01. The molecule has 0 bridgehead atoms. The minimum absolute atomic E-state index is 0.136. The van der Waals surface area contributed by atoms with Crippen molar-refractivity contribution in [2.45, 2.75) is 32.3 Å². The van der Waals surface area contributed by atoms with E-state index in [1.54, 1.807) is 6.07 Å². The lowest BCUT2D eigenvalue weighted by atomic mass is 10.1. The third-order valence-electron chi connectivity index (χ3n) is 4.39. The zero-order valence-corrected chi connectivity index (χ0v) is 13.5. The highest BCUT2D eigenvalue weighted by molar-refractivity contribution is 5.96. The molecule has 1 aromatic carbocycles. The van der Waals surface area contributed by atoms with Gasteiger partial charge in [-0.05, 0) is 50.9 Å². The Kier molecular flexibility index (Phi) is 4.98. The quantitative estimate of drug-likeness (QED) is 0.831. The number of aliphatic hydroxyl groups excluding tert-OH is 1. The summed E-state index contributed by atoms with van der Waals surface area (Å²) in [4.78, 5) is 14.5. The van der Waals surface area contributed by atoms with Crippen molar-refractivity contribution < 1.29 is 14.3 Å². The average molecular weight is 316 g/mol. The lowest BCUT2D eigenvalue weighted by Gasteiger charge is -2.29. The van der Waals surface area contributed by atoms with Crippen LogP contribution in [0.1, 0.15) is 35.4 Å². The van der Waals surface area contributed by atoms with Gasteiger partial charge in [-0.2, -0.15) is 0 Å². The van der Waals surface area contributed by atoms with Gasteiger partial charge < -0.3 is 19.7 Å². The number of likely N-dealkylation sites (tertiary alicyclic amines) is 1. The number of piperidine rings is 1. The highest BCUT2D eigenvalue weighted by Crippen LogP contribution is 2.20. The van der Waals surface area contributed by atoms with E-state index in [9.17, 15) is 9.90 Å². The van der Waals surface area contributed by atoms with Crippen LogP contribution in [-0.2, 0) is 0 Å². The van der Waals surface area contributed by atoms with Gasteiger partial charge in [-0.3, -0.25) is 4.79 Å². The minimum atomic E-state index is -0.159. The molecule has 5 heteroatoms. The van der Waals surface area contributed by atoms with Gasteiger partial charge in [0.2, 0.25) is 0 Å². The van der Waals surface area contributed by atoms with E-state index in [1.807, 2.05) is 25.1 Å². The second kappa shape index (κ2) is 7.15. The first-order valence-corrected chi connectivity index (χ1v) is 8.30. The first kappa shape index (κ1) is 16.0. The molecule has 124 valence electrons. The van der Waals surface area contributed by atoms with E-state index in [0.29, 0.717) is 12.3 Å². The maximum atomic E-state index is 12.1. The fourth-order valence-electron chi connectivity index (χ4n) is 3.01. The number of furan rings is 1. The van der Waals surface area contributed by atoms with Crippen LogP contribution in [0.4, 0.5) is 0 Å². The Hall–Kier alpha value is -1.85. The number of nitrogens with zero attached hydrogens (tertiary/aromatic N) is 1. The molecule has 1 aromatic heterocycles. The van der Waals surface area contributed by atoms with E-state index in [4.69, 9.17) is 4.42 Å². The van der Waals surface area contributed by atoms with Gasteiger partial charge in [0.15, 0.2) is 5.76 Å². The van der Waals surface area contributed by atoms with Crippen LogP contribution >= 0.6 is 0 Å². The summed E-state index contributed by atoms with van der Waals surface area (Å²) in [7, 11) is 0. The number of aliphatic hydroxyl groups is 1. The largest absolute Gasteiger partial charge is 0.451 e. The van der Waals surface area contributed by atoms with E-state index in [2.05, 4.69) is 10.2 Å². The topological polar surface area (TPSA) is 65.7 Å². The molecule has 5 nitrogen and oxygen atoms in total. The minimum Gasteiger partial charge on any atom is -0.451 e. The predicted octanol–water partition coefficient (Wildman–Crippen LogP) is 2.32. The number of aryl methyl sites for hydroxylation is 1. The Morgan fingerprint density at radius 2 is 2.13 bits per heavy atom. The lowest BCUT2D eigenvalue weighted by Crippen LogP contribution is -2.37. The summed E-state index contributed by atoms with van der Waals surface area (Å²) in [6.45, 7) is 5.49. The molecular formula is C18H24N2O3. The number of fused-ring (bicyclic) bond motifs is 1. The molecule has 3 rings (SSSR count). The van der Waals surface area contributed by atoms with Crippen molar-refractivity contribution in [3.63, 3.8) is 0 Å². The molecule has 0 saturated carbocycles. The molecule has 2 aromatic rings. The zero-order chi connectivity index (χ0) is 16.2. The van der Waals surface area contributed by atoms with Crippen LogP contribution in [-0.4, -0.2) is 48.2 Å². The number of rotatable bonds is 5. The molecular weight excluding hydrogens is 292 g/mol. The molecule has 23 heavy (non-hydrogen) atoms. The molecule has 0 spiro atoms. The Labute approximate surface area is 136 Å². The summed E-state index contributed by atoms with van der Waals surface area (Å²) in [5.74, 6) is 0.208. The summed E-state index contributed by atoms with van der Waals surface area (Å²) in [5.41, 5.74) is 1.89. The summed E-state index contributed by atoms with van der Waals surface area (Å²) >= 11 is 0. The van der Waals surface area contributed by atoms with Crippen molar-refractivity contribution >= 4 is 16.9 Å². The lowest BCUT2D eigenvalue weighted by molar-refractivity contribution is 0.0814. The van der Waals surface area contributed by atoms with E-state index in [0.717, 1.165) is 55.4 Å². The van der Waals surface area contributed by atoms with Crippen LogP contribution in [0.15, 0.2) is 28.7 Å². The number of carbonyl (C=O) groups excluding carboxylic acids is 1. The molecule has 0 radical (unpaired) electrons. The summed E-state index contributed by atoms with van der Waals surface area (Å²) < 4.78 is 5.59. The number of carbonyl (C=O) groups is 1. The smallest absolute Gasteiger partial charge is 0.287 e. The standard InChI is InChI=1S/C18H24N2O3/c1-13-3-4-16-14(11-13)12-17(23-16)18(22)19-7-2-8-20-9-5-15(21)6-10-20/h3-4,11-12,15,21H,2,5-10H2,1H3,(H,19,22). The highest BCUT2D eigenvalue weighted by Gasteiger charge is 2.16. The maximum absolute atomic E-state index is 12.1. The van der Waals surface area contributed by atoms with Gasteiger partial charge in [-0.25, -0.2) is 0 Å². The third-order valence-corrected chi connectivity index (χ3v) is 4.39. The predicted molar refractivity (Wildman–Crippen MR) is 89.6 cm³/mol. The van der Waals surface area contributed by atoms with E-state index in [1.165, 1.54) is 0 Å². The van der Waals surface area contributed by atoms with E-state index >= 15 is 0 Å². The van der Waals surface area contributed by atoms with Gasteiger partial charge in [0.1, 0.15) is 5.58 Å². The molecule has 1 saturated heterocycles. The van der Waals surface area contributed by atoms with Gasteiger partial charge >= 0.3 is 0 Å². The molecule has 2 heterocycles. The molecule has 1 amide bonds. The van der Waals surface area contributed by atoms with E-state index < -0.39 is 0 Å². The number of nitrogens with one attached hydrogen (secondary N) is 1. The number of benzene rings is 1. The highest BCUT2D eigenvalue weighted by atomic mass is 16.3. The van der Waals surface area contributed by atoms with Crippen LogP contribution in [0.3, 0.4) is 0 Å². The summed E-state index contributed by atoms with van der Waals surface area (Å²) in [5, 5.41) is 13.4. The first-order valence-electron chi connectivity index (χ1n) is 8.30. The normalized spacial score (nSPS) is 16.8. The molecule has 1 aliphatic rings. The van der Waals surface area contributed by atoms with Crippen molar-refractivity contribution in [3.8, 4) is 0 Å². The molecule has 1 fully saturated rings. The van der Waals surface area contributed by atoms with Gasteiger partial charge in [-0.1, -0.05) is 11.6 Å². The Morgan fingerprint density at radius 1 is 1.35 bits per heavy atom. The van der Waals surface area contributed by atoms with E-state index in [-0.39, 0.29) is 12.0 Å². The maximum Gasteiger partial charge on any atom is 0.287 e. The SMILES string of the molecule is Cc1ccc2oc(C(=O)NCCCN3CCC(O)CC3)cc2c1. The van der Waals surface area contributed by atoms with Gasteiger partial charge in [0, 0.05) is 25.0 Å². The number of hydrogen-bond acceptors (Lipinski definition) is 4. The zero-order valence-electron chi connectivity index (χ0n) is 13.5. The molecule has 2 N–H and O–H groups in total. The van der Waals surface area contributed by atoms with Gasteiger partial charge in [0.25, 0.3) is 5.91 Å². The van der Waals surface area contributed by atoms with Crippen molar-refractivity contribution in [1.82, 2.24) is 10.2 Å². The fraction of sp³-hybridized carbons (Fsp3) is 0.500. The Balaban J connectivity index is 1.45. The molecule has 1 aliphatic heterocycles. The third kappa shape index (κ3) is 4.12. The number of hydrogen-bond donors (Lipinski definition) is 2. The van der Waals surface area contributed by atoms with Crippen molar-refractivity contribution in [2.24, 2.45) is 0 Å². The van der Waals surface area contributed by atoms with Crippen molar-refractivity contribution in [3.05, 3.63) is 35.6 Å². The Morgan fingerprint density at radius 3 is 2.91 bits per heavy atom. The van der Waals surface area contributed by atoms with Crippen molar-refractivity contribution in [2.75, 3.05) is 26.2 Å². The van der Waals surface area contributed by atoms with Crippen LogP contribution in [0, 0.1) is 6.92 Å². The second-order valence-electron chi connectivity index (χ2n) is 6.33. The van der Waals surface area contributed by atoms with Crippen LogP contribution in [0.2, 0.25) is 0 Å². The summed E-state index contributed by atoms with van der Waals surface area (Å²) in [6.07, 6.45) is 2.47. The molecule has 0 atom stereocenters. The van der Waals surface area contributed by atoms with Crippen LogP contribution in [0.25, 0.3) is 11.0 Å². The molecule has 0 unspecified atom stereocenters. The monoisotopic (exact) mass is 316 g/mol. The summed E-state index contributed by atoms with van der Waals surface area (Å²) in [6, 6.07) is 7.68. The second-order valence-corrected chi connectivity index (χ2v) is 6.33. The van der Waals surface area contributed by atoms with Gasteiger partial charge in [-0.15, -0.1) is 0 Å². The molecule has 0 aliphatic carbocycles. The van der Waals surface area contributed by atoms with Crippen molar-refractivity contribution in [1.29, 1.82) is 0 Å². The first-order chi connectivity index (χ1) is 11.1. The Bertz CT molecular complexity index is 672. The van der Waals surface area contributed by atoms with Crippen LogP contribution < -0.4 is 5.32 Å². The average Bonchev–Trinajstić information content (AvgIpc) is 2.96. The number of amides is 1. The van der Waals surface area contributed by atoms with Crippen LogP contribution in [0.5, 0.6) is 0 Å².